The van der Waals surface area contributed by atoms with Crippen LogP contribution in [0.3, 0.4) is 0 Å². The topological polar surface area (TPSA) is 66.6 Å². The van der Waals surface area contributed by atoms with Crippen molar-refractivity contribution in [1.82, 2.24) is 15.2 Å². The van der Waals surface area contributed by atoms with E-state index in [-0.39, 0.29) is 11.7 Å². The minimum absolute atomic E-state index is 0.0802. The number of ether oxygens (including phenoxy) is 2. The molecule has 0 bridgehead atoms. The van der Waals surface area contributed by atoms with Gasteiger partial charge in [0.2, 0.25) is 0 Å². The second-order valence-electron chi connectivity index (χ2n) is 6.95. The molecule has 27 heavy (non-hydrogen) atoms. The maximum Gasteiger partial charge on any atom is 0.253 e. The summed E-state index contributed by atoms with van der Waals surface area (Å²) in [5.74, 6) is 0. The Morgan fingerprint density at radius 1 is 1.44 bits per heavy atom. The van der Waals surface area contributed by atoms with Crippen molar-refractivity contribution in [3.05, 3.63) is 45.7 Å². The number of aromatic nitrogens is 1. The lowest BCUT2D eigenvalue weighted by molar-refractivity contribution is 0.0895. The predicted octanol–water partition coefficient (Wildman–Crippen LogP) is 2.34. The van der Waals surface area contributed by atoms with Crippen LogP contribution in [-0.4, -0.2) is 54.5 Å². The van der Waals surface area contributed by atoms with Crippen molar-refractivity contribution in [1.29, 1.82) is 0 Å². The van der Waals surface area contributed by atoms with Gasteiger partial charge in [0.25, 0.3) is 5.56 Å². The van der Waals surface area contributed by atoms with Gasteiger partial charge in [-0.3, -0.25) is 4.79 Å². The van der Waals surface area contributed by atoms with E-state index in [1.165, 1.54) is 0 Å². The second kappa shape index (κ2) is 9.30. The Labute approximate surface area is 164 Å². The zero-order chi connectivity index (χ0) is 19.2. The number of hydrogen-bond donors (Lipinski definition) is 2. The van der Waals surface area contributed by atoms with E-state index in [9.17, 15) is 4.79 Å². The molecule has 3 rings (SSSR count). The summed E-state index contributed by atoms with van der Waals surface area (Å²) < 4.78 is 10.9. The fourth-order valence-electron chi connectivity index (χ4n) is 3.32. The average molecular weight is 390 g/mol. The molecule has 146 valence electrons. The number of aromatic amines is 1. The number of H-pyrrole nitrogens is 1. The summed E-state index contributed by atoms with van der Waals surface area (Å²) in [6, 6.07) is 7.98. The summed E-state index contributed by atoms with van der Waals surface area (Å²) >= 11 is 5.57. The number of hydrogen-bond acceptors (Lipinski definition) is 4. The molecule has 1 fully saturated rings. The van der Waals surface area contributed by atoms with Crippen LogP contribution in [-0.2, 0) is 16.0 Å². The number of pyridine rings is 1. The van der Waals surface area contributed by atoms with Gasteiger partial charge in [0, 0.05) is 37.9 Å². The van der Waals surface area contributed by atoms with Gasteiger partial charge >= 0.3 is 0 Å². The molecule has 0 aliphatic carbocycles. The van der Waals surface area contributed by atoms with E-state index in [4.69, 9.17) is 21.7 Å². The number of fused-ring (bicyclic) bond motifs is 1. The van der Waals surface area contributed by atoms with E-state index >= 15 is 0 Å². The molecule has 1 aromatic heterocycles. The smallest absolute Gasteiger partial charge is 0.253 e. The molecule has 2 aromatic rings. The number of nitrogens with one attached hydrogen (secondary N) is 2. The molecule has 1 aliphatic heterocycles. The molecule has 6 nitrogen and oxygen atoms in total. The molecular formula is C20H27N3O3S. The first-order valence-corrected chi connectivity index (χ1v) is 9.73. The van der Waals surface area contributed by atoms with Crippen LogP contribution in [0.5, 0.6) is 0 Å². The highest BCUT2D eigenvalue weighted by molar-refractivity contribution is 7.80. The Balaban J connectivity index is 1.81. The van der Waals surface area contributed by atoms with Crippen molar-refractivity contribution in [2.75, 3.05) is 33.4 Å². The number of methoxy groups -OCH3 is 1. The van der Waals surface area contributed by atoms with Crippen molar-refractivity contribution in [3.8, 4) is 0 Å². The molecular weight excluding hydrogens is 362 g/mol. The maximum absolute atomic E-state index is 12.6. The normalized spacial score (nSPS) is 16.6. The van der Waals surface area contributed by atoms with Gasteiger partial charge in [-0.2, -0.15) is 0 Å². The van der Waals surface area contributed by atoms with Gasteiger partial charge in [0.15, 0.2) is 5.11 Å². The quantitative estimate of drug-likeness (QED) is 0.560. The van der Waals surface area contributed by atoms with Gasteiger partial charge < -0.3 is 24.7 Å². The Hall–Kier alpha value is -1.96. The molecule has 1 aliphatic rings. The number of rotatable bonds is 7. The number of benzene rings is 1. The maximum atomic E-state index is 12.6. The Morgan fingerprint density at radius 3 is 3.04 bits per heavy atom. The summed E-state index contributed by atoms with van der Waals surface area (Å²) in [5.41, 5.74) is 2.62. The van der Waals surface area contributed by atoms with Gasteiger partial charge in [0.1, 0.15) is 0 Å². The lowest BCUT2D eigenvalue weighted by Crippen LogP contribution is -2.44. The number of thiocarbonyl (C=S) groups is 1. The highest BCUT2D eigenvalue weighted by atomic mass is 32.1. The molecule has 1 saturated heterocycles. The summed E-state index contributed by atoms with van der Waals surface area (Å²) in [6.45, 7) is 5.15. The van der Waals surface area contributed by atoms with E-state index in [2.05, 4.69) is 16.4 Å². The van der Waals surface area contributed by atoms with E-state index < -0.39 is 0 Å². The van der Waals surface area contributed by atoms with Crippen molar-refractivity contribution in [2.45, 2.75) is 32.4 Å². The summed E-state index contributed by atoms with van der Waals surface area (Å²) in [5, 5.41) is 4.85. The highest BCUT2D eigenvalue weighted by Crippen LogP contribution is 2.17. The largest absolute Gasteiger partial charge is 0.383 e. The van der Waals surface area contributed by atoms with Crippen LogP contribution < -0.4 is 10.9 Å². The first-order valence-electron chi connectivity index (χ1n) is 9.32. The molecule has 7 heteroatoms. The van der Waals surface area contributed by atoms with Crippen molar-refractivity contribution in [3.63, 3.8) is 0 Å². The Morgan fingerprint density at radius 2 is 2.30 bits per heavy atom. The zero-order valence-corrected chi connectivity index (χ0v) is 16.7. The van der Waals surface area contributed by atoms with Crippen molar-refractivity contribution >= 4 is 28.2 Å². The summed E-state index contributed by atoms with van der Waals surface area (Å²) in [7, 11) is 1.66. The van der Waals surface area contributed by atoms with Crippen LogP contribution in [0.25, 0.3) is 10.9 Å². The van der Waals surface area contributed by atoms with E-state index in [1.807, 2.05) is 30.0 Å². The fourth-order valence-corrected chi connectivity index (χ4v) is 3.56. The van der Waals surface area contributed by atoms with Crippen LogP contribution in [0.15, 0.2) is 29.1 Å². The molecule has 2 heterocycles. The van der Waals surface area contributed by atoms with Gasteiger partial charge in [-0.05, 0) is 55.6 Å². The summed E-state index contributed by atoms with van der Waals surface area (Å²) in [4.78, 5) is 17.6. The van der Waals surface area contributed by atoms with Gasteiger partial charge in [-0.1, -0.05) is 11.6 Å². The third-order valence-electron chi connectivity index (χ3n) is 4.76. The minimum atomic E-state index is -0.0802. The molecule has 0 saturated carbocycles. The number of nitrogens with zero attached hydrogens (tertiary/aromatic N) is 1. The average Bonchev–Trinajstić information content (AvgIpc) is 3.15. The minimum Gasteiger partial charge on any atom is -0.383 e. The van der Waals surface area contributed by atoms with E-state index in [1.54, 1.807) is 7.11 Å². The number of aryl methyl sites for hydroxylation is 1. The van der Waals surface area contributed by atoms with Crippen LogP contribution in [0.4, 0.5) is 0 Å². The first kappa shape index (κ1) is 19.8. The third-order valence-corrected chi connectivity index (χ3v) is 5.16. The second-order valence-corrected chi connectivity index (χ2v) is 7.34. The summed E-state index contributed by atoms with van der Waals surface area (Å²) in [6.07, 6.45) is 2.23. The molecule has 0 amide bonds. The lowest BCUT2D eigenvalue weighted by Gasteiger charge is -2.28. The lowest BCUT2D eigenvalue weighted by atomic mass is 10.1. The van der Waals surface area contributed by atoms with E-state index in [0.29, 0.717) is 36.9 Å². The molecule has 1 aromatic carbocycles. The molecule has 1 unspecified atom stereocenters. The van der Waals surface area contributed by atoms with Crippen LogP contribution in [0.2, 0.25) is 0 Å². The fraction of sp³-hybridized carbons (Fsp3) is 0.500. The molecule has 0 radical (unpaired) electrons. The van der Waals surface area contributed by atoms with Crippen LogP contribution in [0.1, 0.15) is 24.0 Å². The highest BCUT2D eigenvalue weighted by Gasteiger charge is 2.22. The monoisotopic (exact) mass is 389 g/mol. The zero-order valence-electron chi connectivity index (χ0n) is 15.9. The SMILES string of the molecule is COCCNC(=S)N(Cc1cc2cc(C)ccc2[nH]c1=O)CC1CCCO1. The Kier molecular flexibility index (Phi) is 6.82. The van der Waals surface area contributed by atoms with Gasteiger partial charge in [-0.25, -0.2) is 0 Å². The van der Waals surface area contributed by atoms with Crippen molar-refractivity contribution < 1.29 is 9.47 Å². The predicted molar refractivity (Wildman–Crippen MR) is 111 cm³/mol. The molecule has 2 N–H and O–H groups in total. The molecule has 1 atom stereocenters. The Bertz CT molecular complexity index is 846. The first-order chi connectivity index (χ1) is 13.1. The standard InChI is InChI=1S/C20H27N3O3S/c1-14-5-6-18-15(10-14)11-16(19(24)22-18)12-23(13-17-4-3-8-26-17)20(27)21-7-9-25-2/h5-6,10-11,17H,3-4,7-9,12-13H2,1-2H3,(H,21,27)(H,22,24). The van der Waals surface area contributed by atoms with E-state index in [0.717, 1.165) is 35.9 Å². The third kappa shape index (κ3) is 5.28. The van der Waals surface area contributed by atoms with Crippen molar-refractivity contribution in [2.24, 2.45) is 0 Å². The molecule has 0 spiro atoms. The van der Waals surface area contributed by atoms with Gasteiger partial charge in [-0.15, -0.1) is 0 Å². The van der Waals surface area contributed by atoms with Crippen LogP contribution >= 0.6 is 12.2 Å². The van der Waals surface area contributed by atoms with Crippen LogP contribution in [0, 0.1) is 6.92 Å². The van der Waals surface area contributed by atoms with Gasteiger partial charge in [0.05, 0.1) is 19.3 Å².